The summed E-state index contributed by atoms with van der Waals surface area (Å²) in [6, 6.07) is 5.18. The number of nitrogens with zero attached hydrogens (tertiary/aromatic N) is 5. The third-order valence-electron chi connectivity index (χ3n) is 8.30. The van der Waals surface area contributed by atoms with Crippen molar-refractivity contribution in [1.82, 2.24) is 19.5 Å². The van der Waals surface area contributed by atoms with Crippen LogP contribution in [0.15, 0.2) is 24.3 Å². The second kappa shape index (κ2) is 10.7. The van der Waals surface area contributed by atoms with E-state index in [0.717, 1.165) is 57.3 Å². The van der Waals surface area contributed by atoms with E-state index in [1.807, 2.05) is 4.57 Å². The van der Waals surface area contributed by atoms with E-state index < -0.39 is 17.7 Å². The van der Waals surface area contributed by atoms with Gasteiger partial charge in [0.1, 0.15) is 5.52 Å². The minimum Gasteiger partial charge on any atom is -0.475 e. The van der Waals surface area contributed by atoms with Crippen LogP contribution in [0.2, 0.25) is 0 Å². The van der Waals surface area contributed by atoms with Crippen molar-refractivity contribution in [3.63, 3.8) is 0 Å². The first-order valence-electron chi connectivity index (χ1n) is 13.7. The van der Waals surface area contributed by atoms with Crippen molar-refractivity contribution >= 4 is 28.9 Å². The van der Waals surface area contributed by atoms with Crippen LogP contribution in [0.4, 0.5) is 24.9 Å². The minimum absolute atomic E-state index is 0.0664. The molecule has 1 unspecified atom stereocenters. The topological polar surface area (TPSA) is 96.2 Å². The maximum absolute atomic E-state index is 13.2. The Labute approximate surface area is 225 Å². The lowest BCUT2D eigenvalue weighted by Gasteiger charge is -2.35. The number of hydrogen-bond acceptors (Lipinski definition) is 6. The summed E-state index contributed by atoms with van der Waals surface area (Å²) in [7, 11) is 0. The molecule has 1 aliphatic heterocycles. The number of carboxylic acids is 1. The largest absolute Gasteiger partial charge is 0.475 e. The number of alkyl halides is 3. The number of rotatable bonds is 8. The summed E-state index contributed by atoms with van der Waals surface area (Å²) >= 11 is 0. The summed E-state index contributed by atoms with van der Waals surface area (Å²) in [5, 5.41) is 13.2. The standard InChI is InChI=1S/C28H35F3N6O2/c1-16(2)20-8-5-13-36(15-20)27-35-24-22(37(27)14-18-9-11-21(12-10-18)28(29,30)31)23(33-25(34-24)26(38)39)32-17(3)19-6-4-7-19/h9-12,16-17,19-20H,4-8,13-15H2,1-3H3,(H,38,39)(H,32,33,34)/t17-,20?/m1/s1. The molecule has 1 aliphatic carbocycles. The number of hydrogen-bond donors (Lipinski definition) is 2. The van der Waals surface area contributed by atoms with Crippen LogP contribution in [-0.2, 0) is 12.7 Å². The highest BCUT2D eigenvalue weighted by atomic mass is 19.4. The van der Waals surface area contributed by atoms with E-state index in [-0.39, 0.29) is 24.1 Å². The van der Waals surface area contributed by atoms with E-state index in [1.165, 1.54) is 12.1 Å². The van der Waals surface area contributed by atoms with Gasteiger partial charge in [-0.1, -0.05) is 32.4 Å². The Morgan fingerprint density at radius 2 is 1.74 bits per heavy atom. The normalized spacial score (nSPS) is 19.4. The predicted molar refractivity (Wildman–Crippen MR) is 143 cm³/mol. The zero-order valence-electron chi connectivity index (χ0n) is 22.5. The highest BCUT2D eigenvalue weighted by Crippen LogP contribution is 2.35. The maximum atomic E-state index is 13.2. The van der Waals surface area contributed by atoms with Gasteiger partial charge in [-0.3, -0.25) is 0 Å². The van der Waals surface area contributed by atoms with Crippen LogP contribution in [-0.4, -0.2) is 49.7 Å². The van der Waals surface area contributed by atoms with Crippen molar-refractivity contribution in [2.45, 2.75) is 71.6 Å². The van der Waals surface area contributed by atoms with Crippen molar-refractivity contribution in [1.29, 1.82) is 0 Å². The summed E-state index contributed by atoms with van der Waals surface area (Å²) < 4.78 is 41.5. The Morgan fingerprint density at radius 1 is 1.05 bits per heavy atom. The Morgan fingerprint density at radius 3 is 2.33 bits per heavy atom. The van der Waals surface area contributed by atoms with E-state index in [9.17, 15) is 23.1 Å². The summed E-state index contributed by atoms with van der Waals surface area (Å²) in [6.45, 7) is 8.28. The van der Waals surface area contributed by atoms with E-state index in [0.29, 0.717) is 40.6 Å². The Kier molecular flexibility index (Phi) is 7.43. The molecule has 2 atom stereocenters. The van der Waals surface area contributed by atoms with Gasteiger partial charge in [-0.2, -0.15) is 18.2 Å². The number of halogens is 3. The number of piperidine rings is 1. The predicted octanol–water partition coefficient (Wildman–Crippen LogP) is 6.06. The smallest absolute Gasteiger partial charge is 0.416 e. The van der Waals surface area contributed by atoms with E-state index in [1.54, 1.807) is 0 Å². The van der Waals surface area contributed by atoms with Crippen LogP contribution >= 0.6 is 0 Å². The molecule has 8 nitrogen and oxygen atoms in total. The monoisotopic (exact) mass is 544 g/mol. The average molecular weight is 545 g/mol. The van der Waals surface area contributed by atoms with Crippen LogP contribution in [0.25, 0.3) is 11.2 Å². The highest BCUT2D eigenvalue weighted by Gasteiger charge is 2.32. The molecule has 1 saturated heterocycles. The number of carboxylic acid groups (broad SMARTS) is 1. The average Bonchev–Trinajstić information content (AvgIpc) is 3.21. The van der Waals surface area contributed by atoms with Gasteiger partial charge in [-0.15, -0.1) is 0 Å². The van der Waals surface area contributed by atoms with E-state index in [2.05, 4.69) is 41.0 Å². The second-order valence-corrected chi connectivity index (χ2v) is 11.3. The van der Waals surface area contributed by atoms with Gasteiger partial charge in [0.2, 0.25) is 11.8 Å². The molecule has 2 fully saturated rings. The molecule has 5 rings (SSSR count). The molecule has 2 aliphatic rings. The van der Waals surface area contributed by atoms with Gasteiger partial charge in [0.15, 0.2) is 11.5 Å². The van der Waals surface area contributed by atoms with Gasteiger partial charge in [0.25, 0.3) is 0 Å². The van der Waals surface area contributed by atoms with Gasteiger partial charge in [0, 0.05) is 19.1 Å². The van der Waals surface area contributed by atoms with Gasteiger partial charge >= 0.3 is 12.1 Å². The number of imidazole rings is 1. The lowest BCUT2D eigenvalue weighted by Crippen LogP contribution is -2.39. The SMILES string of the molecule is CC(C)C1CCCN(c2nc3nc(C(=O)O)nc(N[C@H](C)C4CCC4)c3n2Cc2ccc(C(F)(F)F)cc2)C1. The summed E-state index contributed by atoms with van der Waals surface area (Å²) in [6.07, 6.45) is 1.03. The van der Waals surface area contributed by atoms with Crippen molar-refractivity contribution in [2.24, 2.45) is 17.8 Å². The molecule has 3 heterocycles. The fourth-order valence-electron chi connectivity index (χ4n) is 5.60. The summed E-state index contributed by atoms with van der Waals surface area (Å²) in [5.74, 6) is 0.854. The van der Waals surface area contributed by atoms with Crippen LogP contribution in [0.5, 0.6) is 0 Å². The number of nitrogens with one attached hydrogen (secondary N) is 1. The molecule has 0 spiro atoms. The van der Waals surface area contributed by atoms with Gasteiger partial charge in [-0.05, 0) is 68.1 Å². The molecule has 0 radical (unpaired) electrons. The molecular formula is C28H35F3N6O2. The maximum Gasteiger partial charge on any atom is 0.416 e. The number of carbonyl (C=O) groups is 1. The lowest BCUT2D eigenvalue weighted by atomic mass is 9.80. The molecule has 1 saturated carbocycles. The molecule has 2 N–H and O–H groups in total. The number of aromatic nitrogens is 4. The summed E-state index contributed by atoms with van der Waals surface area (Å²) in [5.41, 5.74) is 0.789. The fourth-order valence-corrected chi connectivity index (χ4v) is 5.60. The molecule has 210 valence electrons. The highest BCUT2D eigenvalue weighted by molar-refractivity contribution is 5.91. The third-order valence-corrected chi connectivity index (χ3v) is 8.30. The molecule has 2 aromatic heterocycles. The van der Waals surface area contributed by atoms with Crippen molar-refractivity contribution in [3.05, 3.63) is 41.2 Å². The van der Waals surface area contributed by atoms with Crippen LogP contribution < -0.4 is 10.2 Å². The number of benzene rings is 1. The third kappa shape index (κ3) is 5.67. The lowest BCUT2D eigenvalue weighted by molar-refractivity contribution is -0.137. The van der Waals surface area contributed by atoms with Crippen LogP contribution in [0.3, 0.4) is 0 Å². The van der Waals surface area contributed by atoms with Gasteiger partial charge in [-0.25, -0.2) is 14.8 Å². The first-order chi connectivity index (χ1) is 18.5. The first kappa shape index (κ1) is 27.2. The molecule has 39 heavy (non-hydrogen) atoms. The number of anilines is 2. The zero-order valence-corrected chi connectivity index (χ0v) is 22.5. The molecule has 0 amide bonds. The first-order valence-corrected chi connectivity index (χ1v) is 13.7. The van der Waals surface area contributed by atoms with Crippen molar-refractivity contribution < 1.29 is 23.1 Å². The van der Waals surface area contributed by atoms with Gasteiger partial charge < -0.3 is 19.9 Å². The minimum atomic E-state index is -4.42. The van der Waals surface area contributed by atoms with Crippen LogP contribution in [0, 0.1) is 17.8 Å². The number of aromatic carboxylic acids is 1. The van der Waals surface area contributed by atoms with E-state index >= 15 is 0 Å². The number of fused-ring (bicyclic) bond motifs is 1. The molecule has 0 bridgehead atoms. The Hall–Kier alpha value is -3.37. The van der Waals surface area contributed by atoms with Crippen molar-refractivity contribution in [2.75, 3.05) is 23.3 Å². The summed E-state index contributed by atoms with van der Waals surface area (Å²) in [4.78, 5) is 27.6. The molecular weight excluding hydrogens is 509 g/mol. The van der Waals surface area contributed by atoms with Crippen molar-refractivity contribution in [3.8, 4) is 0 Å². The quantitative estimate of drug-likeness (QED) is 0.356. The zero-order chi connectivity index (χ0) is 27.9. The Bertz CT molecular complexity index is 1330. The van der Waals surface area contributed by atoms with Crippen LogP contribution in [0.1, 0.15) is 74.6 Å². The molecule has 11 heteroatoms. The van der Waals surface area contributed by atoms with Gasteiger partial charge in [0.05, 0.1) is 12.1 Å². The second-order valence-electron chi connectivity index (χ2n) is 11.3. The fraction of sp³-hybridized carbons (Fsp3) is 0.571. The van der Waals surface area contributed by atoms with E-state index in [4.69, 9.17) is 4.98 Å². The molecule has 3 aromatic rings. The molecule has 1 aromatic carbocycles. The Balaban J connectivity index is 1.62.